The molecule has 2 saturated heterocycles. The molecule has 3 aromatic rings. The molecule has 3 aliphatic rings. The van der Waals surface area contributed by atoms with Crippen LogP contribution in [0.15, 0.2) is 48.7 Å². The average Bonchev–Trinajstić information content (AvgIpc) is 3.12. The predicted octanol–water partition coefficient (Wildman–Crippen LogP) is 5.11. The van der Waals surface area contributed by atoms with Gasteiger partial charge in [0.25, 0.3) is 11.8 Å². The number of carbonyl (C=O) groups excluding carboxylic acids is 2. The van der Waals surface area contributed by atoms with Crippen LogP contribution < -0.4 is 19.7 Å². The lowest BCUT2D eigenvalue weighted by Gasteiger charge is -2.42. The van der Waals surface area contributed by atoms with Gasteiger partial charge in [0.15, 0.2) is 11.5 Å². The maximum atomic E-state index is 13.5. The summed E-state index contributed by atoms with van der Waals surface area (Å²) in [6.45, 7) is 7.86. The number of nitrogens with zero attached hydrogens (tertiary/aromatic N) is 5. The summed E-state index contributed by atoms with van der Waals surface area (Å²) in [4.78, 5) is 39.4. The standard InChI is InChI=1S/C32H37ClN6O4/c1-4-42-27-18-21(31(40)39-16-14-38(15-17-39)22-10-12-36(2)13-11-22)8-9-25(27)35-29-19-28-26(20-34-29)37(3)32(41)23-6-5-7-24(33)30(23)43-28/h5-9,18-20,22H,4,10-17H2,1-3H3,(H,34,35). The summed E-state index contributed by atoms with van der Waals surface area (Å²) in [7, 11) is 3.85. The Labute approximate surface area is 257 Å². The normalized spacial score (nSPS) is 18.0. The fourth-order valence-corrected chi connectivity index (χ4v) is 6.23. The van der Waals surface area contributed by atoms with Crippen LogP contribution >= 0.6 is 11.6 Å². The molecule has 2 amide bonds. The summed E-state index contributed by atoms with van der Waals surface area (Å²) in [6, 6.07) is 12.9. The maximum Gasteiger partial charge on any atom is 0.262 e. The summed E-state index contributed by atoms with van der Waals surface area (Å²) in [5.74, 6) is 1.55. The molecule has 0 saturated carbocycles. The van der Waals surface area contributed by atoms with Crippen molar-refractivity contribution in [1.82, 2.24) is 19.7 Å². The first kappa shape index (κ1) is 29.2. The minimum absolute atomic E-state index is 0.00957. The summed E-state index contributed by atoms with van der Waals surface area (Å²) < 4.78 is 12.1. The lowest BCUT2D eigenvalue weighted by atomic mass is 10.0. The van der Waals surface area contributed by atoms with Crippen LogP contribution in [0.1, 0.15) is 40.5 Å². The van der Waals surface area contributed by atoms with E-state index < -0.39 is 0 Å². The van der Waals surface area contributed by atoms with Gasteiger partial charge in [-0.05, 0) is 70.2 Å². The quantitative estimate of drug-likeness (QED) is 0.415. The number of carbonyl (C=O) groups is 2. The van der Waals surface area contributed by atoms with Crippen LogP contribution in [-0.4, -0.2) is 97.5 Å². The summed E-state index contributed by atoms with van der Waals surface area (Å²) in [5.41, 5.74) is 2.15. The van der Waals surface area contributed by atoms with Crippen molar-refractivity contribution in [3.05, 3.63) is 64.8 Å². The van der Waals surface area contributed by atoms with Gasteiger partial charge in [0, 0.05) is 50.9 Å². The van der Waals surface area contributed by atoms with Gasteiger partial charge in [-0.1, -0.05) is 17.7 Å². The zero-order valence-electron chi connectivity index (χ0n) is 24.8. The number of benzene rings is 2. The van der Waals surface area contributed by atoms with E-state index in [1.54, 1.807) is 43.6 Å². The lowest BCUT2D eigenvalue weighted by molar-refractivity contribution is 0.0475. The summed E-state index contributed by atoms with van der Waals surface area (Å²) >= 11 is 6.38. The highest BCUT2D eigenvalue weighted by molar-refractivity contribution is 6.33. The highest BCUT2D eigenvalue weighted by Gasteiger charge is 2.30. The number of piperidine rings is 1. The number of para-hydroxylation sites is 1. The van der Waals surface area contributed by atoms with E-state index in [0.29, 0.717) is 63.2 Å². The predicted molar refractivity (Wildman–Crippen MR) is 167 cm³/mol. The number of halogens is 1. The van der Waals surface area contributed by atoms with Gasteiger partial charge < -0.3 is 29.5 Å². The van der Waals surface area contributed by atoms with E-state index in [9.17, 15) is 9.59 Å². The van der Waals surface area contributed by atoms with E-state index in [-0.39, 0.29) is 11.8 Å². The van der Waals surface area contributed by atoms with Crippen LogP contribution in [0, 0.1) is 0 Å². The Balaban J connectivity index is 1.17. The molecule has 0 aliphatic carbocycles. The number of anilines is 3. The molecule has 10 nitrogen and oxygen atoms in total. The van der Waals surface area contributed by atoms with Gasteiger partial charge in [-0.25, -0.2) is 4.98 Å². The monoisotopic (exact) mass is 604 g/mol. The second-order valence-electron chi connectivity index (χ2n) is 11.3. The molecule has 1 aromatic heterocycles. The fraction of sp³-hybridized carbons (Fsp3) is 0.406. The number of aromatic nitrogens is 1. The van der Waals surface area contributed by atoms with Crippen LogP contribution in [0.25, 0.3) is 0 Å². The number of hydrogen-bond acceptors (Lipinski definition) is 8. The van der Waals surface area contributed by atoms with Crippen LogP contribution in [0.5, 0.6) is 17.2 Å². The van der Waals surface area contributed by atoms with Crippen molar-refractivity contribution in [3.8, 4) is 17.2 Å². The van der Waals surface area contributed by atoms with E-state index in [2.05, 4.69) is 27.1 Å². The van der Waals surface area contributed by atoms with Gasteiger partial charge in [-0.2, -0.15) is 0 Å². The molecular weight excluding hydrogens is 568 g/mol. The Morgan fingerprint density at radius 3 is 2.58 bits per heavy atom. The average molecular weight is 605 g/mol. The Morgan fingerprint density at radius 2 is 1.84 bits per heavy atom. The number of pyridine rings is 1. The molecule has 0 bridgehead atoms. The molecular formula is C32H37ClN6O4. The summed E-state index contributed by atoms with van der Waals surface area (Å²) in [6.07, 6.45) is 3.97. The van der Waals surface area contributed by atoms with Crippen LogP contribution in [0.2, 0.25) is 5.02 Å². The SMILES string of the molecule is CCOc1cc(C(=O)N2CCN(C3CCN(C)CC3)CC2)ccc1Nc1cc2c(cn1)N(C)C(=O)c1cccc(Cl)c1O2. The number of likely N-dealkylation sites (tertiary alicyclic amines) is 1. The molecule has 4 heterocycles. The van der Waals surface area contributed by atoms with Gasteiger partial charge in [0.2, 0.25) is 0 Å². The van der Waals surface area contributed by atoms with Gasteiger partial charge >= 0.3 is 0 Å². The number of piperazine rings is 1. The largest absolute Gasteiger partial charge is 0.492 e. The highest BCUT2D eigenvalue weighted by Crippen LogP contribution is 2.42. The number of nitrogens with one attached hydrogen (secondary N) is 1. The first-order chi connectivity index (χ1) is 20.8. The van der Waals surface area contributed by atoms with Crippen LogP contribution in [-0.2, 0) is 0 Å². The van der Waals surface area contributed by atoms with E-state index in [1.807, 2.05) is 24.0 Å². The Hall–Kier alpha value is -3.86. The van der Waals surface area contributed by atoms with E-state index in [0.717, 1.165) is 39.3 Å². The smallest absolute Gasteiger partial charge is 0.262 e. The molecule has 3 aliphatic heterocycles. The second-order valence-corrected chi connectivity index (χ2v) is 11.7. The molecule has 226 valence electrons. The van der Waals surface area contributed by atoms with Crippen molar-refractivity contribution in [2.24, 2.45) is 0 Å². The van der Waals surface area contributed by atoms with Gasteiger partial charge in [-0.3, -0.25) is 14.5 Å². The molecule has 1 N–H and O–H groups in total. The first-order valence-corrected chi connectivity index (χ1v) is 15.2. The summed E-state index contributed by atoms with van der Waals surface area (Å²) in [5, 5.41) is 3.64. The van der Waals surface area contributed by atoms with Crippen LogP contribution in [0.4, 0.5) is 17.2 Å². The first-order valence-electron chi connectivity index (χ1n) is 14.8. The fourth-order valence-electron chi connectivity index (χ4n) is 6.02. The Kier molecular flexibility index (Phi) is 8.43. The maximum absolute atomic E-state index is 13.5. The molecule has 43 heavy (non-hydrogen) atoms. The van der Waals surface area contributed by atoms with Crippen LogP contribution in [0.3, 0.4) is 0 Å². The van der Waals surface area contributed by atoms with E-state index in [1.165, 1.54) is 17.7 Å². The van der Waals surface area contributed by atoms with Gasteiger partial charge in [0.05, 0.1) is 29.1 Å². The number of fused-ring (bicyclic) bond motifs is 2. The van der Waals surface area contributed by atoms with Crippen molar-refractivity contribution in [2.75, 3.05) is 70.2 Å². The van der Waals surface area contributed by atoms with Crippen molar-refractivity contribution >= 4 is 40.6 Å². The molecule has 2 fully saturated rings. The van der Waals surface area contributed by atoms with Crippen molar-refractivity contribution < 1.29 is 19.1 Å². The second kappa shape index (κ2) is 12.4. The van der Waals surface area contributed by atoms with E-state index in [4.69, 9.17) is 21.1 Å². The minimum atomic E-state index is -0.235. The van der Waals surface area contributed by atoms with Crippen molar-refractivity contribution in [3.63, 3.8) is 0 Å². The molecule has 0 atom stereocenters. The third-order valence-electron chi connectivity index (χ3n) is 8.52. The molecule has 0 radical (unpaired) electrons. The molecule has 0 spiro atoms. The van der Waals surface area contributed by atoms with Gasteiger partial charge in [0.1, 0.15) is 17.3 Å². The van der Waals surface area contributed by atoms with Crippen molar-refractivity contribution in [2.45, 2.75) is 25.8 Å². The number of rotatable bonds is 6. The number of hydrogen-bond donors (Lipinski definition) is 1. The molecule has 6 rings (SSSR count). The Morgan fingerprint density at radius 1 is 1.07 bits per heavy atom. The lowest BCUT2D eigenvalue weighted by Crippen LogP contribution is -2.54. The van der Waals surface area contributed by atoms with Gasteiger partial charge in [-0.15, -0.1) is 0 Å². The number of ether oxygens (including phenoxy) is 2. The third-order valence-corrected chi connectivity index (χ3v) is 8.82. The van der Waals surface area contributed by atoms with Crippen molar-refractivity contribution in [1.29, 1.82) is 0 Å². The zero-order valence-corrected chi connectivity index (χ0v) is 25.6. The third kappa shape index (κ3) is 6.00. The van der Waals surface area contributed by atoms with E-state index >= 15 is 0 Å². The zero-order chi connectivity index (χ0) is 30.1. The topological polar surface area (TPSA) is 90.5 Å². The molecule has 2 aromatic carbocycles. The number of amides is 2. The Bertz CT molecular complexity index is 1520. The minimum Gasteiger partial charge on any atom is -0.492 e. The molecule has 11 heteroatoms. The highest BCUT2D eigenvalue weighted by atomic mass is 35.5. The molecule has 0 unspecified atom stereocenters.